The lowest BCUT2D eigenvalue weighted by Gasteiger charge is -2.15. The van der Waals surface area contributed by atoms with Gasteiger partial charge in [0.05, 0.1) is 0 Å². The highest BCUT2D eigenvalue weighted by Crippen LogP contribution is 2.19. The van der Waals surface area contributed by atoms with Gasteiger partial charge in [-0.2, -0.15) is 0 Å². The van der Waals surface area contributed by atoms with Crippen LogP contribution in [0.3, 0.4) is 0 Å². The van der Waals surface area contributed by atoms with Crippen LogP contribution in [0.25, 0.3) is 0 Å². The van der Waals surface area contributed by atoms with E-state index in [-0.39, 0.29) is 0 Å². The van der Waals surface area contributed by atoms with Gasteiger partial charge in [-0.25, -0.2) is 4.99 Å². The van der Waals surface area contributed by atoms with Gasteiger partial charge >= 0.3 is 0 Å². The smallest absolute Gasteiger partial charge is 0.191 e. The van der Waals surface area contributed by atoms with Gasteiger partial charge in [0.25, 0.3) is 0 Å². The predicted octanol–water partition coefficient (Wildman–Crippen LogP) is 1.76. The highest BCUT2D eigenvalue weighted by atomic mass is 15.3. The summed E-state index contributed by atoms with van der Waals surface area (Å²) in [5.41, 5.74) is 1.58. The summed E-state index contributed by atoms with van der Waals surface area (Å²) in [6, 6.07) is 0. The molecule has 1 aliphatic carbocycles. The van der Waals surface area contributed by atoms with Gasteiger partial charge in [0.1, 0.15) is 12.9 Å². The van der Waals surface area contributed by atoms with E-state index in [0.29, 0.717) is 6.54 Å². The average molecular weight is 290 g/mol. The SMILES string of the molecule is CCNC(=NCc1nncn1C)NCCC1=CCCCC1. The van der Waals surface area contributed by atoms with Crippen LogP contribution in [0.5, 0.6) is 0 Å². The van der Waals surface area contributed by atoms with Crippen LogP contribution in [-0.4, -0.2) is 33.8 Å². The summed E-state index contributed by atoms with van der Waals surface area (Å²) in [4.78, 5) is 4.55. The molecule has 0 amide bonds. The van der Waals surface area contributed by atoms with Gasteiger partial charge < -0.3 is 15.2 Å². The van der Waals surface area contributed by atoms with E-state index in [4.69, 9.17) is 0 Å². The molecule has 1 aliphatic rings. The van der Waals surface area contributed by atoms with Crippen molar-refractivity contribution in [1.29, 1.82) is 0 Å². The Hall–Kier alpha value is -1.85. The molecule has 6 heteroatoms. The van der Waals surface area contributed by atoms with Crippen molar-refractivity contribution in [2.24, 2.45) is 12.0 Å². The lowest BCUT2D eigenvalue weighted by atomic mass is 9.97. The van der Waals surface area contributed by atoms with Crippen molar-refractivity contribution in [2.75, 3.05) is 13.1 Å². The van der Waals surface area contributed by atoms with E-state index in [2.05, 4.69) is 38.8 Å². The number of aliphatic imine (C=N–C) groups is 1. The molecule has 1 heterocycles. The molecule has 0 atom stereocenters. The van der Waals surface area contributed by atoms with Crippen LogP contribution in [0.2, 0.25) is 0 Å². The van der Waals surface area contributed by atoms with Gasteiger partial charge in [-0.05, 0) is 39.0 Å². The van der Waals surface area contributed by atoms with E-state index in [1.165, 1.54) is 25.7 Å². The molecule has 0 unspecified atom stereocenters. The predicted molar refractivity (Wildman–Crippen MR) is 85.0 cm³/mol. The summed E-state index contributed by atoms with van der Waals surface area (Å²) in [7, 11) is 1.93. The maximum Gasteiger partial charge on any atom is 0.191 e. The number of hydrogen-bond donors (Lipinski definition) is 2. The Morgan fingerprint density at radius 2 is 2.29 bits per heavy atom. The van der Waals surface area contributed by atoms with Crippen molar-refractivity contribution in [3.63, 3.8) is 0 Å². The van der Waals surface area contributed by atoms with Gasteiger partial charge in [-0.3, -0.25) is 0 Å². The van der Waals surface area contributed by atoms with Crippen LogP contribution in [0.15, 0.2) is 23.0 Å². The fraction of sp³-hybridized carbons (Fsp3) is 0.667. The molecule has 1 aromatic rings. The highest BCUT2D eigenvalue weighted by molar-refractivity contribution is 5.79. The Bertz CT molecular complexity index is 488. The van der Waals surface area contributed by atoms with Crippen molar-refractivity contribution in [3.05, 3.63) is 23.8 Å². The Balaban J connectivity index is 1.80. The van der Waals surface area contributed by atoms with Gasteiger partial charge in [0, 0.05) is 20.1 Å². The van der Waals surface area contributed by atoms with Crippen molar-refractivity contribution in [3.8, 4) is 0 Å². The van der Waals surface area contributed by atoms with Crippen molar-refractivity contribution >= 4 is 5.96 Å². The fourth-order valence-electron chi connectivity index (χ4n) is 2.41. The third-order valence-corrected chi connectivity index (χ3v) is 3.65. The summed E-state index contributed by atoms with van der Waals surface area (Å²) < 4.78 is 1.89. The molecule has 0 fully saturated rings. The minimum atomic E-state index is 0.536. The Kier molecular flexibility index (Phi) is 6.24. The Morgan fingerprint density at radius 1 is 1.38 bits per heavy atom. The topological polar surface area (TPSA) is 67.1 Å². The normalized spacial score (nSPS) is 15.7. The second-order valence-corrected chi connectivity index (χ2v) is 5.34. The minimum absolute atomic E-state index is 0.536. The van der Waals surface area contributed by atoms with Crippen molar-refractivity contribution in [2.45, 2.75) is 45.6 Å². The van der Waals surface area contributed by atoms with E-state index in [1.807, 2.05) is 11.6 Å². The average Bonchev–Trinajstić information content (AvgIpc) is 2.91. The maximum atomic E-state index is 4.55. The van der Waals surface area contributed by atoms with Gasteiger partial charge in [0.15, 0.2) is 11.8 Å². The molecule has 0 saturated carbocycles. The standard InChI is InChI=1S/C15H26N6/c1-3-16-15(18-11-14-20-19-12-21(14)2)17-10-9-13-7-5-4-6-8-13/h7,12H,3-6,8-11H2,1-2H3,(H2,16,17,18). The molecule has 21 heavy (non-hydrogen) atoms. The molecule has 0 saturated heterocycles. The number of rotatable bonds is 6. The number of allylic oxidation sites excluding steroid dienone is 1. The molecule has 6 nitrogen and oxygen atoms in total. The quantitative estimate of drug-likeness (QED) is 0.476. The lowest BCUT2D eigenvalue weighted by molar-refractivity contribution is 0.665. The van der Waals surface area contributed by atoms with Crippen LogP contribution < -0.4 is 10.6 Å². The second-order valence-electron chi connectivity index (χ2n) is 5.34. The highest BCUT2D eigenvalue weighted by Gasteiger charge is 2.05. The third-order valence-electron chi connectivity index (χ3n) is 3.65. The molecule has 2 N–H and O–H groups in total. The molecular weight excluding hydrogens is 264 g/mol. The summed E-state index contributed by atoms with van der Waals surface area (Å²) in [5.74, 6) is 1.71. The summed E-state index contributed by atoms with van der Waals surface area (Å²) in [6.45, 7) is 4.39. The van der Waals surface area contributed by atoms with E-state index in [0.717, 1.165) is 31.3 Å². The number of aromatic nitrogens is 3. The first kappa shape index (κ1) is 15.5. The number of nitrogens with zero attached hydrogens (tertiary/aromatic N) is 4. The number of hydrogen-bond acceptors (Lipinski definition) is 3. The largest absolute Gasteiger partial charge is 0.357 e. The zero-order valence-electron chi connectivity index (χ0n) is 13.1. The maximum absolute atomic E-state index is 4.55. The molecule has 0 aliphatic heterocycles. The van der Waals surface area contributed by atoms with Gasteiger partial charge in [-0.1, -0.05) is 11.6 Å². The molecule has 0 aromatic carbocycles. The Morgan fingerprint density at radius 3 is 2.95 bits per heavy atom. The summed E-state index contributed by atoms with van der Waals surface area (Å²) in [5, 5.41) is 14.6. The van der Waals surface area contributed by atoms with E-state index < -0.39 is 0 Å². The number of nitrogens with one attached hydrogen (secondary N) is 2. The first-order valence-electron chi connectivity index (χ1n) is 7.82. The summed E-state index contributed by atoms with van der Waals surface area (Å²) >= 11 is 0. The zero-order chi connectivity index (χ0) is 14.9. The zero-order valence-corrected chi connectivity index (χ0v) is 13.1. The van der Waals surface area contributed by atoms with Crippen molar-refractivity contribution < 1.29 is 0 Å². The van der Waals surface area contributed by atoms with Crippen LogP contribution in [0.4, 0.5) is 0 Å². The monoisotopic (exact) mass is 290 g/mol. The summed E-state index contributed by atoms with van der Waals surface area (Å²) in [6.07, 6.45) is 10.4. The van der Waals surface area contributed by atoms with Crippen LogP contribution in [0.1, 0.15) is 44.9 Å². The van der Waals surface area contributed by atoms with E-state index >= 15 is 0 Å². The van der Waals surface area contributed by atoms with Crippen LogP contribution in [0, 0.1) is 0 Å². The second kappa shape index (κ2) is 8.44. The van der Waals surface area contributed by atoms with Gasteiger partial charge in [-0.15, -0.1) is 10.2 Å². The van der Waals surface area contributed by atoms with Crippen LogP contribution >= 0.6 is 0 Å². The molecule has 0 bridgehead atoms. The Labute approximate surface area is 126 Å². The molecular formula is C15H26N6. The third kappa shape index (κ3) is 5.21. The minimum Gasteiger partial charge on any atom is -0.357 e. The first-order chi connectivity index (χ1) is 10.3. The van der Waals surface area contributed by atoms with E-state index in [9.17, 15) is 0 Å². The van der Waals surface area contributed by atoms with Crippen LogP contribution in [-0.2, 0) is 13.6 Å². The molecule has 1 aromatic heterocycles. The fourth-order valence-corrected chi connectivity index (χ4v) is 2.41. The molecule has 116 valence electrons. The molecule has 0 radical (unpaired) electrons. The van der Waals surface area contributed by atoms with Crippen molar-refractivity contribution in [1.82, 2.24) is 25.4 Å². The first-order valence-corrected chi connectivity index (χ1v) is 7.82. The van der Waals surface area contributed by atoms with E-state index in [1.54, 1.807) is 11.9 Å². The number of guanidine groups is 1. The molecule has 2 rings (SSSR count). The number of aryl methyl sites for hydroxylation is 1. The van der Waals surface area contributed by atoms with Gasteiger partial charge in [0.2, 0.25) is 0 Å². The molecule has 0 spiro atoms. The lowest BCUT2D eigenvalue weighted by Crippen LogP contribution is -2.38.